The van der Waals surface area contributed by atoms with Gasteiger partial charge in [-0.2, -0.15) is 0 Å². The first kappa shape index (κ1) is 11.3. The van der Waals surface area contributed by atoms with E-state index in [2.05, 4.69) is 0 Å². The van der Waals surface area contributed by atoms with Crippen LogP contribution in [0.15, 0.2) is 24.3 Å². The lowest BCUT2D eigenvalue weighted by atomic mass is 9.70. The molecule has 0 aromatic heterocycles. The summed E-state index contributed by atoms with van der Waals surface area (Å²) in [7, 11) is 0.546. The summed E-state index contributed by atoms with van der Waals surface area (Å²) in [6.45, 7) is 1.93. The highest BCUT2D eigenvalue weighted by Gasteiger charge is 2.10. The summed E-state index contributed by atoms with van der Waals surface area (Å²) in [5.41, 5.74) is 7.35. The Bertz CT molecular complexity index is 277. The summed E-state index contributed by atoms with van der Waals surface area (Å²) in [6.07, 6.45) is 0.776. The van der Waals surface area contributed by atoms with Gasteiger partial charge in [-0.25, -0.2) is 0 Å². The average Bonchev–Trinajstić information content (AvgIpc) is 2.18. The van der Waals surface area contributed by atoms with Gasteiger partial charge in [0.2, 0.25) is 0 Å². The molecule has 0 aliphatic heterocycles. The fraction of sp³-hybridized carbons (Fsp3) is 0.333. The van der Waals surface area contributed by atoms with Crippen molar-refractivity contribution in [2.24, 2.45) is 5.73 Å². The summed E-state index contributed by atoms with van der Waals surface area (Å²) in [5, 5.41) is 17.7. The molecular weight excluding hydrogens is 176 g/mol. The minimum atomic E-state index is -1.39. The molecule has 0 bridgehead atoms. The Hall–Kier alpha value is -0.770. The van der Waals surface area contributed by atoms with E-state index < -0.39 is 7.12 Å². The van der Waals surface area contributed by atoms with Crippen molar-refractivity contribution >= 4 is 19.9 Å². The van der Waals surface area contributed by atoms with Gasteiger partial charge in [0, 0.05) is 0 Å². The number of nitrogens with two attached hydrogens (primary N) is 1. The summed E-state index contributed by atoms with van der Waals surface area (Å²) < 4.78 is 0. The molecule has 4 N–H and O–H groups in total. The van der Waals surface area contributed by atoms with Crippen molar-refractivity contribution < 1.29 is 10.0 Å². The predicted octanol–water partition coefficient (Wildman–Crippen LogP) is -1.05. The van der Waals surface area contributed by atoms with Gasteiger partial charge in [-0.15, -0.1) is 0 Å². The predicted molar refractivity (Wildman–Crippen MR) is 59.6 cm³/mol. The first-order valence-corrected chi connectivity index (χ1v) is 4.63. The summed E-state index contributed by atoms with van der Waals surface area (Å²) in [4.78, 5) is 0. The van der Waals surface area contributed by atoms with Gasteiger partial charge >= 0.3 is 7.12 Å². The molecule has 0 heterocycles. The van der Waals surface area contributed by atoms with Crippen LogP contribution in [0.1, 0.15) is 5.56 Å². The molecule has 73 valence electrons. The van der Waals surface area contributed by atoms with E-state index in [4.69, 9.17) is 15.8 Å². The Morgan fingerprint density at radius 1 is 1.36 bits per heavy atom. The highest BCUT2D eigenvalue weighted by atomic mass is 16.4. The molecule has 0 amide bonds. The lowest BCUT2D eigenvalue weighted by Gasteiger charge is -2.08. The van der Waals surface area contributed by atoms with Crippen molar-refractivity contribution in [3.8, 4) is 0 Å². The van der Waals surface area contributed by atoms with Crippen LogP contribution in [0.3, 0.4) is 0 Å². The largest absolute Gasteiger partial charge is 0.488 e. The lowest BCUT2D eigenvalue weighted by Crippen LogP contribution is -2.30. The second kappa shape index (κ2) is 5.20. The van der Waals surface area contributed by atoms with Crippen LogP contribution in [0.4, 0.5) is 0 Å². The zero-order valence-corrected chi connectivity index (χ0v) is 8.22. The highest BCUT2D eigenvalue weighted by molar-refractivity contribution is 6.58. The molecule has 1 rings (SSSR count). The zero-order chi connectivity index (χ0) is 10.6. The standard InChI is InChI=1S/C9H14B2NO2/c1-10-9(12)6-7-2-4-8(5-3-7)11(13)14/h2-5,9,13-14H,6,12H2,1H3/t9-/m0/s1. The Morgan fingerprint density at radius 3 is 2.36 bits per heavy atom. The van der Waals surface area contributed by atoms with Gasteiger partial charge in [0.1, 0.15) is 7.28 Å². The molecular formula is C9H14B2NO2. The number of benzene rings is 1. The summed E-state index contributed by atoms with van der Waals surface area (Å²) in [6, 6.07) is 7.11. The van der Waals surface area contributed by atoms with Crippen LogP contribution in [0.2, 0.25) is 6.82 Å². The van der Waals surface area contributed by atoms with Crippen LogP contribution >= 0.6 is 0 Å². The lowest BCUT2D eigenvalue weighted by molar-refractivity contribution is 0.426. The molecule has 0 fully saturated rings. The molecule has 1 radical (unpaired) electrons. The Morgan fingerprint density at radius 2 is 1.93 bits per heavy atom. The van der Waals surface area contributed by atoms with E-state index in [1.165, 1.54) is 0 Å². The zero-order valence-electron chi connectivity index (χ0n) is 8.22. The summed E-state index contributed by atoms with van der Waals surface area (Å²) in [5.74, 6) is 0.0555. The molecule has 0 spiro atoms. The maximum absolute atomic E-state index is 8.87. The van der Waals surface area contributed by atoms with E-state index in [1.807, 2.05) is 26.2 Å². The van der Waals surface area contributed by atoms with Gasteiger partial charge in [-0.05, 0) is 23.4 Å². The van der Waals surface area contributed by atoms with E-state index in [1.54, 1.807) is 12.1 Å². The maximum atomic E-state index is 8.87. The first-order chi connectivity index (χ1) is 6.63. The van der Waals surface area contributed by atoms with Crippen molar-refractivity contribution in [2.45, 2.75) is 19.2 Å². The third-order valence-electron chi connectivity index (χ3n) is 2.18. The molecule has 1 aromatic rings. The molecule has 0 saturated heterocycles. The van der Waals surface area contributed by atoms with Gasteiger partial charge in [0.15, 0.2) is 0 Å². The van der Waals surface area contributed by atoms with E-state index in [-0.39, 0.29) is 5.94 Å². The van der Waals surface area contributed by atoms with E-state index >= 15 is 0 Å². The highest BCUT2D eigenvalue weighted by Crippen LogP contribution is 2.00. The topological polar surface area (TPSA) is 66.5 Å². The van der Waals surface area contributed by atoms with Gasteiger partial charge in [0.25, 0.3) is 0 Å². The molecule has 0 unspecified atom stereocenters. The van der Waals surface area contributed by atoms with Gasteiger partial charge < -0.3 is 15.8 Å². The Balaban J connectivity index is 2.64. The third kappa shape index (κ3) is 3.18. The van der Waals surface area contributed by atoms with Crippen molar-refractivity contribution in [3.05, 3.63) is 29.8 Å². The molecule has 5 heteroatoms. The molecule has 0 saturated carbocycles. The van der Waals surface area contributed by atoms with Crippen LogP contribution in [-0.4, -0.2) is 30.4 Å². The molecule has 0 aliphatic carbocycles. The second-order valence-corrected chi connectivity index (χ2v) is 3.32. The van der Waals surface area contributed by atoms with Crippen LogP contribution in [-0.2, 0) is 6.42 Å². The minimum absolute atomic E-state index is 0.0555. The van der Waals surface area contributed by atoms with E-state index in [0.29, 0.717) is 5.46 Å². The van der Waals surface area contributed by atoms with E-state index in [0.717, 1.165) is 12.0 Å². The van der Waals surface area contributed by atoms with E-state index in [9.17, 15) is 0 Å². The van der Waals surface area contributed by atoms with Crippen molar-refractivity contribution in [3.63, 3.8) is 0 Å². The molecule has 1 aromatic carbocycles. The normalized spacial score (nSPS) is 12.3. The van der Waals surface area contributed by atoms with Gasteiger partial charge in [0.05, 0.1) is 0 Å². The monoisotopic (exact) mass is 190 g/mol. The number of hydrogen-bond acceptors (Lipinski definition) is 3. The fourth-order valence-corrected chi connectivity index (χ4v) is 1.22. The molecule has 0 aliphatic rings. The second-order valence-electron chi connectivity index (χ2n) is 3.32. The molecule has 14 heavy (non-hydrogen) atoms. The first-order valence-electron chi connectivity index (χ1n) is 4.63. The number of hydrogen-bond donors (Lipinski definition) is 3. The third-order valence-corrected chi connectivity index (χ3v) is 2.18. The average molecular weight is 190 g/mol. The van der Waals surface area contributed by atoms with Crippen LogP contribution < -0.4 is 11.2 Å². The van der Waals surface area contributed by atoms with Crippen LogP contribution in [0, 0.1) is 0 Å². The smallest absolute Gasteiger partial charge is 0.423 e. The SMILES string of the molecule is C[B][C@@H](N)Cc1ccc(B(O)O)cc1. The van der Waals surface area contributed by atoms with Crippen molar-refractivity contribution in [2.75, 3.05) is 0 Å². The number of rotatable bonds is 4. The van der Waals surface area contributed by atoms with Crippen LogP contribution in [0.5, 0.6) is 0 Å². The minimum Gasteiger partial charge on any atom is -0.423 e. The van der Waals surface area contributed by atoms with Crippen molar-refractivity contribution in [1.82, 2.24) is 0 Å². The fourth-order valence-electron chi connectivity index (χ4n) is 1.22. The molecule has 1 atom stereocenters. The van der Waals surface area contributed by atoms with Crippen LogP contribution in [0.25, 0.3) is 0 Å². The van der Waals surface area contributed by atoms with Gasteiger partial charge in [-0.3, -0.25) is 0 Å². The Kier molecular flexibility index (Phi) is 4.20. The maximum Gasteiger partial charge on any atom is 0.488 e. The summed E-state index contributed by atoms with van der Waals surface area (Å²) >= 11 is 0. The Labute approximate surface area is 85.3 Å². The quantitative estimate of drug-likeness (QED) is 0.530. The van der Waals surface area contributed by atoms with Gasteiger partial charge in [-0.1, -0.05) is 31.1 Å². The van der Waals surface area contributed by atoms with Crippen molar-refractivity contribution in [1.29, 1.82) is 0 Å². The molecule has 3 nitrogen and oxygen atoms in total.